The van der Waals surface area contributed by atoms with Gasteiger partial charge in [-0.1, -0.05) is 12.1 Å². The van der Waals surface area contributed by atoms with Crippen LogP contribution in [0.25, 0.3) is 10.9 Å². The molecule has 0 aliphatic heterocycles. The lowest BCUT2D eigenvalue weighted by atomic mass is 10.2. The monoisotopic (exact) mass is 277 g/mol. The summed E-state index contributed by atoms with van der Waals surface area (Å²) in [5, 5.41) is 9.28. The summed E-state index contributed by atoms with van der Waals surface area (Å²) in [4.78, 5) is 19.0. The Morgan fingerprint density at radius 3 is 2.67 bits per heavy atom. The molecule has 1 N–H and O–H groups in total. The summed E-state index contributed by atoms with van der Waals surface area (Å²) in [6.45, 7) is 0.159. The van der Waals surface area contributed by atoms with Crippen LogP contribution in [0.5, 0.6) is 5.75 Å². The molecule has 3 rings (SSSR count). The fourth-order valence-electron chi connectivity index (χ4n) is 1.98. The van der Waals surface area contributed by atoms with Crippen molar-refractivity contribution in [1.29, 1.82) is 5.26 Å². The lowest BCUT2D eigenvalue weighted by molar-refractivity contribution is 0.296. The highest BCUT2D eigenvalue weighted by molar-refractivity contribution is 5.77. The van der Waals surface area contributed by atoms with E-state index in [0.29, 0.717) is 28.0 Å². The van der Waals surface area contributed by atoms with Gasteiger partial charge in [0.1, 0.15) is 18.2 Å². The van der Waals surface area contributed by atoms with E-state index in [1.807, 2.05) is 12.1 Å². The second-order valence-corrected chi connectivity index (χ2v) is 4.45. The van der Waals surface area contributed by atoms with Crippen LogP contribution in [0.4, 0.5) is 0 Å². The van der Waals surface area contributed by atoms with E-state index >= 15 is 0 Å². The van der Waals surface area contributed by atoms with Crippen molar-refractivity contribution in [3.63, 3.8) is 0 Å². The molecule has 0 saturated heterocycles. The number of fused-ring (bicyclic) bond motifs is 1. The van der Waals surface area contributed by atoms with Gasteiger partial charge >= 0.3 is 0 Å². The molecule has 1 aromatic heterocycles. The van der Waals surface area contributed by atoms with Crippen LogP contribution in [-0.4, -0.2) is 9.97 Å². The minimum absolute atomic E-state index is 0.159. The first kappa shape index (κ1) is 12.9. The third kappa shape index (κ3) is 2.74. The SMILES string of the molecule is N#Cc1ccc(OCc2nc3ccccc3c(=O)[nH]2)cc1. The number of aromatic amines is 1. The molecular formula is C16H11N3O2. The minimum Gasteiger partial charge on any atom is -0.486 e. The topological polar surface area (TPSA) is 78.8 Å². The average molecular weight is 277 g/mol. The zero-order valence-electron chi connectivity index (χ0n) is 11.0. The Kier molecular flexibility index (Phi) is 3.36. The van der Waals surface area contributed by atoms with Crippen LogP contribution in [0, 0.1) is 11.3 Å². The van der Waals surface area contributed by atoms with E-state index in [-0.39, 0.29) is 12.2 Å². The van der Waals surface area contributed by atoms with Gasteiger partial charge in [-0.15, -0.1) is 0 Å². The van der Waals surface area contributed by atoms with Crippen molar-refractivity contribution in [2.24, 2.45) is 0 Å². The quantitative estimate of drug-likeness (QED) is 0.797. The first-order valence-electron chi connectivity index (χ1n) is 6.37. The first-order chi connectivity index (χ1) is 10.3. The number of nitrogens with zero attached hydrogens (tertiary/aromatic N) is 2. The number of ether oxygens (including phenoxy) is 1. The molecule has 0 aliphatic carbocycles. The Hall–Kier alpha value is -3.13. The Balaban J connectivity index is 1.81. The van der Waals surface area contributed by atoms with Gasteiger partial charge in [-0.05, 0) is 36.4 Å². The molecule has 21 heavy (non-hydrogen) atoms. The molecule has 102 valence electrons. The predicted octanol–water partition coefficient (Wildman–Crippen LogP) is 2.37. The van der Waals surface area contributed by atoms with E-state index in [1.54, 1.807) is 42.5 Å². The molecular weight excluding hydrogens is 266 g/mol. The smallest absolute Gasteiger partial charge is 0.258 e. The Labute approximate surface area is 120 Å². The fraction of sp³-hybridized carbons (Fsp3) is 0.0625. The molecule has 0 saturated carbocycles. The van der Waals surface area contributed by atoms with Gasteiger partial charge in [0.05, 0.1) is 22.5 Å². The third-order valence-corrected chi connectivity index (χ3v) is 3.02. The zero-order chi connectivity index (χ0) is 14.7. The highest BCUT2D eigenvalue weighted by Gasteiger charge is 2.04. The van der Waals surface area contributed by atoms with Gasteiger partial charge < -0.3 is 9.72 Å². The van der Waals surface area contributed by atoms with Crippen molar-refractivity contribution in [2.45, 2.75) is 6.61 Å². The number of aromatic nitrogens is 2. The molecule has 0 atom stereocenters. The second kappa shape index (κ2) is 5.47. The van der Waals surface area contributed by atoms with Crippen molar-refractivity contribution in [3.05, 3.63) is 70.3 Å². The normalized spacial score (nSPS) is 10.2. The molecule has 0 amide bonds. The number of hydrogen-bond donors (Lipinski definition) is 1. The summed E-state index contributed by atoms with van der Waals surface area (Å²) >= 11 is 0. The number of rotatable bonds is 3. The summed E-state index contributed by atoms with van der Waals surface area (Å²) in [6.07, 6.45) is 0. The standard InChI is InChI=1S/C16H11N3O2/c17-9-11-5-7-12(8-6-11)21-10-15-18-14-4-2-1-3-13(14)16(20)19-15/h1-8H,10H2,(H,18,19,20). The highest BCUT2D eigenvalue weighted by Crippen LogP contribution is 2.13. The predicted molar refractivity (Wildman–Crippen MR) is 77.9 cm³/mol. The molecule has 0 spiro atoms. The summed E-state index contributed by atoms with van der Waals surface area (Å²) in [5.41, 5.74) is 1.03. The van der Waals surface area contributed by atoms with Gasteiger partial charge in [0.25, 0.3) is 5.56 Å². The van der Waals surface area contributed by atoms with Crippen LogP contribution in [0.15, 0.2) is 53.3 Å². The molecule has 5 heteroatoms. The molecule has 5 nitrogen and oxygen atoms in total. The van der Waals surface area contributed by atoms with Crippen molar-refractivity contribution < 1.29 is 4.74 Å². The van der Waals surface area contributed by atoms with Crippen LogP contribution in [-0.2, 0) is 6.61 Å². The number of benzene rings is 2. The van der Waals surface area contributed by atoms with Gasteiger partial charge in [-0.3, -0.25) is 4.79 Å². The van der Waals surface area contributed by atoms with Crippen LogP contribution >= 0.6 is 0 Å². The Bertz CT molecular complexity index is 876. The van der Waals surface area contributed by atoms with E-state index < -0.39 is 0 Å². The van der Waals surface area contributed by atoms with Crippen LogP contribution in [0.1, 0.15) is 11.4 Å². The molecule has 0 bridgehead atoms. The second-order valence-electron chi connectivity index (χ2n) is 4.45. The molecule has 0 aliphatic rings. The van der Waals surface area contributed by atoms with Crippen LogP contribution < -0.4 is 10.3 Å². The lowest BCUT2D eigenvalue weighted by Crippen LogP contribution is -2.13. The van der Waals surface area contributed by atoms with E-state index in [0.717, 1.165) is 0 Å². The minimum atomic E-state index is -0.181. The summed E-state index contributed by atoms with van der Waals surface area (Å²) in [7, 11) is 0. The van der Waals surface area contributed by atoms with Gasteiger partial charge in [-0.25, -0.2) is 4.98 Å². The molecule has 0 fully saturated rings. The molecule has 0 unspecified atom stereocenters. The molecule has 2 aromatic carbocycles. The Morgan fingerprint density at radius 2 is 1.90 bits per heavy atom. The zero-order valence-corrected chi connectivity index (χ0v) is 11.0. The summed E-state index contributed by atoms with van der Waals surface area (Å²) in [6, 6.07) is 15.9. The van der Waals surface area contributed by atoms with Gasteiger partial charge in [-0.2, -0.15) is 5.26 Å². The fourth-order valence-corrected chi connectivity index (χ4v) is 1.98. The lowest BCUT2D eigenvalue weighted by Gasteiger charge is -2.06. The summed E-state index contributed by atoms with van der Waals surface area (Å²) in [5.74, 6) is 1.08. The van der Waals surface area contributed by atoms with Gasteiger partial charge in [0, 0.05) is 0 Å². The number of H-pyrrole nitrogens is 1. The molecule has 3 aromatic rings. The van der Waals surface area contributed by atoms with Crippen molar-refractivity contribution in [3.8, 4) is 11.8 Å². The average Bonchev–Trinajstić information content (AvgIpc) is 2.53. The third-order valence-electron chi connectivity index (χ3n) is 3.02. The number of para-hydroxylation sites is 1. The van der Waals surface area contributed by atoms with E-state index in [9.17, 15) is 4.79 Å². The highest BCUT2D eigenvalue weighted by atomic mass is 16.5. The number of nitrogens with one attached hydrogen (secondary N) is 1. The number of nitriles is 1. The number of hydrogen-bond acceptors (Lipinski definition) is 4. The molecule has 0 radical (unpaired) electrons. The van der Waals surface area contributed by atoms with Crippen molar-refractivity contribution in [1.82, 2.24) is 9.97 Å². The molecule has 1 heterocycles. The Morgan fingerprint density at radius 1 is 1.14 bits per heavy atom. The maximum absolute atomic E-state index is 11.9. The van der Waals surface area contributed by atoms with Crippen LogP contribution in [0.2, 0.25) is 0 Å². The summed E-state index contributed by atoms with van der Waals surface area (Å²) < 4.78 is 5.55. The largest absolute Gasteiger partial charge is 0.486 e. The van der Waals surface area contributed by atoms with Crippen molar-refractivity contribution >= 4 is 10.9 Å². The van der Waals surface area contributed by atoms with Gasteiger partial charge in [0.2, 0.25) is 0 Å². The van der Waals surface area contributed by atoms with E-state index in [4.69, 9.17) is 10.00 Å². The van der Waals surface area contributed by atoms with Crippen LogP contribution in [0.3, 0.4) is 0 Å². The van der Waals surface area contributed by atoms with E-state index in [1.165, 1.54) is 0 Å². The van der Waals surface area contributed by atoms with Crippen molar-refractivity contribution in [2.75, 3.05) is 0 Å². The maximum Gasteiger partial charge on any atom is 0.258 e. The van der Waals surface area contributed by atoms with E-state index in [2.05, 4.69) is 9.97 Å². The van der Waals surface area contributed by atoms with Gasteiger partial charge in [0.15, 0.2) is 0 Å². The maximum atomic E-state index is 11.9. The first-order valence-corrected chi connectivity index (χ1v) is 6.37.